The van der Waals surface area contributed by atoms with Gasteiger partial charge in [-0.15, -0.1) is 0 Å². The van der Waals surface area contributed by atoms with Gasteiger partial charge in [-0.2, -0.15) is 0 Å². The van der Waals surface area contributed by atoms with Gasteiger partial charge in [0.05, 0.1) is 25.5 Å². The lowest BCUT2D eigenvalue weighted by atomic mass is 10.4. The van der Waals surface area contributed by atoms with Crippen molar-refractivity contribution in [2.45, 2.75) is 6.61 Å². The van der Waals surface area contributed by atoms with Crippen molar-refractivity contribution in [3.63, 3.8) is 0 Å². The minimum absolute atomic E-state index is 0.117. The van der Waals surface area contributed by atoms with Gasteiger partial charge in [0.15, 0.2) is 0 Å². The molecular weight excluding hydrogens is 337 g/mol. The number of halogens is 1. The van der Waals surface area contributed by atoms with Gasteiger partial charge in [0, 0.05) is 20.2 Å². The Balaban J connectivity index is 2.30. The summed E-state index contributed by atoms with van der Waals surface area (Å²) >= 11 is 1.99. The van der Waals surface area contributed by atoms with Crippen LogP contribution in [0.1, 0.15) is 5.69 Å². The van der Waals surface area contributed by atoms with Gasteiger partial charge < -0.3 is 14.4 Å². The topological polar surface area (TPSA) is 67.5 Å². The molecule has 0 atom stereocenters. The average molecular weight is 351 g/mol. The maximum atomic E-state index is 11.8. The highest BCUT2D eigenvalue weighted by Gasteiger charge is 2.16. The van der Waals surface area contributed by atoms with E-state index in [0.29, 0.717) is 35.0 Å². The second kappa shape index (κ2) is 5.78. The van der Waals surface area contributed by atoms with Crippen molar-refractivity contribution in [2.75, 3.05) is 38.3 Å². The quantitative estimate of drug-likeness (QED) is 0.797. The van der Waals surface area contributed by atoms with Crippen LogP contribution in [-0.2, 0) is 16.1 Å². The molecule has 0 radical (unpaired) electrons. The van der Waals surface area contributed by atoms with Crippen molar-refractivity contribution >= 4 is 28.5 Å². The maximum Gasteiger partial charge on any atom is 0.266 e. The van der Waals surface area contributed by atoms with Gasteiger partial charge in [0.25, 0.3) is 5.56 Å². The molecule has 0 bridgehead atoms. The fourth-order valence-corrected chi connectivity index (χ4v) is 2.06. The maximum absolute atomic E-state index is 11.8. The molecule has 1 aliphatic rings. The number of hydrogen-bond acceptors (Lipinski definition) is 5. The standard InChI is InChI=1S/C10H14IN3O3/c1-16-6-7-8(11)9(15)13-10(12-7)14-2-4-17-5-3-14/h2-6H2,1H3,(H,12,13,15). The van der Waals surface area contributed by atoms with Gasteiger partial charge in [0.1, 0.15) is 3.57 Å². The summed E-state index contributed by atoms with van der Waals surface area (Å²) in [5, 5.41) is 0. The lowest BCUT2D eigenvalue weighted by Gasteiger charge is -2.27. The Bertz CT molecular complexity index is 443. The number of H-pyrrole nitrogens is 1. The summed E-state index contributed by atoms with van der Waals surface area (Å²) in [5.41, 5.74) is 0.562. The number of rotatable bonds is 3. The van der Waals surface area contributed by atoms with Crippen LogP contribution in [0.3, 0.4) is 0 Å². The highest BCUT2D eigenvalue weighted by molar-refractivity contribution is 14.1. The zero-order valence-electron chi connectivity index (χ0n) is 9.53. The van der Waals surface area contributed by atoms with Crippen LogP contribution < -0.4 is 10.5 Å². The second-order valence-corrected chi connectivity index (χ2v) is 4.76. The molecule has 1 aromatic heterocycles. The van der Waals surface area contributed by atoms with E-state index < -0.39 is 0 Å². The molecule has 0 aliphatic carbocycles. The van der Waals surface area contributed by atoms with Crippen LogP contribution in [0.5, 0.6) is 0 Å². The predicted molar refractivity (Wildman–Crippen MR) is 71.3 cm³/mol. The minimum Gasteiger partial charge on any atom is -0.378 e. The zero-order chi connectivity index (χ0) is 12.3. The van der Waals surface area contributed by atoms with E-state index >= 15 is 0 Å². The van der Waals surface area contributed by atoms with Crippen molar-refractivity contribution in [2.24, 2.45) is 0 Å². The predicted octanol–water partition coefficient (Wildman–Crippen LogP) is 0.357. The summed E-state index contributed by atoms with van der Waals surface area (Å²) < 4.78 is 10.9. The monoisotopic (exact) mass is 351 g/mol. The molecule has 17 heavy (non-hydrogen) atoms. The number of nitrogens with one attached hydrogen (secondary N) is 1. The van der Waals surface area contributed by atoms with Crippen molar-refractivity contribution in [3.8, 4) is 0 Å². The smallest absolute Gasteiger partial charge is 0.266 e. The highest BCUT2D eigenvalue weighted by Crippen LogP contribution is 2.12. The first kappa shape index (κ1) is 12.8. The first-order chi connectivity index (χ1) is 8.22. The summed E-state index contributed by atoms with van der Waals surface area (Å²) in [4.78, 5) is 21.0. The van der Waals surface area contributed by atoms with Crippen molar-refractivity contribution < 1.29 is 9.47 Å². The van der Waals surface area contributed by atoms with E-state index in [4.69, 9.17) is 9.47 Å². The number of anilines is 1. The molecule has 1 aliphatic heterocycles. The molecule has 2 rings (SSSR count). The van der Waals surface area contributed by atoms with Gasteiger partial charge in [-0.3, -0.25) is 9.78 Å². The summed E-state index contributed by atoms with van der Waals surface area (Å²) in [6.07, 6.45) is 0. The number of ether oxygens (including phenoxy) is 2. The Morgan fingerprint density at radius 2 is 2.24 bits per heavy atom. The van der Waals surface area contributed by atoms with Gasteiger partial charge in [-0.1, -0.05) is 0 Å². The molecule has 94 valence electrons. The van der Waals surface area contributed by atoms with Gasteiger partial charge in [-0.05, 0) is 22.6 Å². The van der Waals surface area contributed by atoms with E-state index in [-0.39, 0.29) is 5.56 Å². The van der Waals surface area contributed by atoms with E-state index in [1.807, 2.05) is 27.5 Å². The third-order valence-corrected chi connectivity index (χ3v) is 3.62. The number of aromatic amines is 1. The van der Waals surface area contributed by atoms with Crippen molar-refractivity contribution in [3.05, 3.63) is 19.6 Å². The minimum atomic E-state index is -0.117. The number of methoxy groups -OCH3 is 1. The first-order valence-electron chi connectivity index (χ1n) is 5.32. The third-order valence-electron chi connectivity index (χ3n) is 2.51. The van der Waals surface area contributed by atoms with Crippen LogP contribution in [0.25, 0.3) is 0 Å². The molecule has 1 saturated heterocycles. The van der Waals surface area contributed by atoms with Crippen molar-refractivity contribution in [1.29, 1.82) is 0 Å². The van der Waals surface area contributed by atoms with Crippen LogP contribution in [0.4, 0.5) is 5.95 Å². The molecule has 0 unspecified atom stereocenters. The van der Waals surface area contributed by atoms with Crippen LogP contribution in [0.15, 0.2) is 4.79 Å². The molecular formula is C10H14IN3O3. The Morgan fingerprint density at radius 1 is 1.53 bits per heavy atom. The SMILES string of the molecule is COCc1nc(N2CCOCC2)[nH]c(=O)c1I. The molecule has 1 N–H and O–H groups in total. The normalized spacial score (nSPS) is 16.2. The van der Waals surface area contributed by atoms with E-state index in [1.165, 1.54) is 0 Å². The zero-order valence-corrected chi connectivity index (χ0v) is 11.7. The van der Waals surface area contributed by atoms with E-state index in [0.717, 1.165) is 13.1 Å². The van der Waals surface area contributed by atoms with Crippen LogP contribution in [0.2, 0.25) is 0 Å². The van der Waals surface area contributed by atoms with E-state index in [2.05, 4.69) is 9.97 Å². The second-order valence-electron chi connectivity index (χ2n) is 3.68. The lowest BCUT2D eigenvalue weighted by Crippen LogP contribution is -2.38. The Labute approximate surface area is 112 Å². The summed E-state index contributed by atoms with van der Waals surface area (Å²) in [7, 11) is 1.59. The largest absolute Gasteiger partial charge is 0.378 e. The fraction of sp³-hybridized carbons (Fsp3) is 0.600. The van der Waals surface area contributed by atoms with Gasteiger partial charge in [0.2, 0.25) is 5.95 Å². The lowest BCUT2D eigenvalue weighted by molar-refractivity contribution is 0.122. The molecule has 2 heterocycles. The van der Waals surface area contributed by atoms with Crippen LogP contribution in [-0.4, -0.2) is 43.4 Å². The Hall–Kier alpha value is -0.670. The van der Waals surface area contributed by atoms with Crippen LogP contribution >= 0.6 is 22.6 Å². The number of hydrogen-bond donors (Lipinski definition) is 1. The van der Waals surface area contributed by atoms with Crippen LogP contribution in [0, 0.1) is 3.57 Å². The van der Waals surface area contributed by atoms with Crippen molar-refractivity contribution in [1.82, 2.24) is 9.97 Å². The summed E-state index contributed by atoms with van der Waals surface area (Å²) in [6.45, 7) is 3.16. The molecule has 1 aromatic rings. The summed E-state index contributed by atoms with van der Waals surface area (Å²) in [6, 6.07) is 0. The molecule has 0 spiro atoms. The molecule has 1 fully saturated rings. The van der Waals surface area contributed by atoms with E-state index in [1.54, 1.807) is 7.11 Å². The number of morpholine rings is 1. The number of aromatic nitrogens is 2. The highest BCUT2D eigenvalue weighted by atomic mass is 127. The molecule has 0 saturated carbocycles. The van der Waals surface area contributed by atoms with Gasteiger partial charge >= 0.3 is 0 Å². The fourth-order valence-electron chi connectivity index (χ4n) is 1.65. The summed E-state index contributed by atoms with van der Waals surface area (Å²) in [5.74, 6) is 0.603. The molecule has 6 nitrogen and oxygen atoms in total. The molecule has 0 aromatic carbocycles. The third kappa shape index (κ3) is 2.96. The average Bonchev–Trinajstić information content (AvgIpc) is 2.36. The Kier molecular flexibility index (Phi) is 4.35. The van der Waals surface area contributed by atoms with E-state index in [9.17, 15) is 4.79 Å². The van der Waals surface area contributed by atoms with Gasteiger partial charge in [-0.25, -0.2) is 4.98 Å². The molecule has 7 heteroatoms. The first-order valence-corrected chi connectivity index (χ1v) is 6.40. The number of nitrogens with zero attached hydrogens (tertiary/aromatic N) is 2. The Morgan fingerprint density at radius 3 is 2.88 bits per heavy atom. The molecule has 0 amide bonds.